The lowest BCUT2D eigenvalue weighted by molar-refractivity contribution is 1.20. The fraction of sp³-hybridized carbons (Fsp3) is 0. The zero-order valence-corrected chi connectivity index (χ0v) is 6.31. The summed E-state index contributed by atoms with van der Waals surface area (Å²) >= 11 is 0. The number of hydrogen-bond donors (Lipinski definition) is 0. The second-order valence-electron chi connectivity index (χ2n) is 2.26. The molecule has 0 aliphatic carbocycles. The molecular formula is C9H6N3. The predicted molar refractivity (Wildman–Crippen MR) is 44.1 cm³/mol. The molecule has 0 N–H and O–H groups in total. The first kappa shape index (κ1) is 6.91. The Labute approximate surface area is 70.1 Å². The third-order valence-corrected chi connectivity index (χ3v) is 1.48. The van der Waals surface area contributed by atoms with Crippen molar-refractivity contribution in [2.24, 2.45) is 0 Å². The van der Waals surface area contributed by atoms with Crippen molar-refractivity contribution in [3.63, 3.8) is 0 Å². The first-order chi connectivity index (χ1) is 5.97. The highest BCUT2D eigenvalue weighted by Gasteiger charge is 1.95. The lowest BCUT2D eigenvalue weighted by Gasteiger charge is -1.95. The van der Waals surface area contributed by atoms with Crippen LogP contribution in [0.5, 0.6) is 0 Å². The van der Waals surface area contributed by atoms with E-state index in [0.29, 0.717) is 0 Å². The average Bonchev–Trinajstić information content (AvgIpc) is 2.21. The molecule has 3 nitrogen and oxygen atoms in total. The largest absolute Gasteiger partial charge is 0.261 e. The molecule has 2 aromatic rings. The Balaban J connectivity index is 2.46. The van der Waals surface area contributed by atoms with Gasteiger partial charge in [0.1, 0.15) is 0 Å². The highest BCUT2D eigenvalue weighted by molar-refractivity contribution is 5.56. The van der Waals surface area contributed by atoms with Crippen molar-refractivity contribution in [1.29, 1.82) is 0 Å². The Bertz CT molecular complexity index is 307. The van der Waals surface area contributed by atoms with Crippen molar-refractivity contribution in [1.82, 2.24) is 15.0 Å². The van der Waals surface area contributed by atoms with Crippen LogP contribution in [0.25, 0.3) is 11.3 Å². The van der Waals surface area contributed by atoms with Gasteiger partial charge in [0.25, 0.3) is 0 Å². The third kappa shape index (κ3) is 1.29. The quantitative estimate of drug-likeness (QED) is 0.625. The molecule has 0 saturated carbocycles. The smallest absolute Gasteiger partial charge is 0.0893 e. The summed E-state index contributed by atoms with van der Waals surface area (Å²) < 4.78 is 0. The Morgan fingerprint density at radius 1 is 1.17 bits per heavy atom. The molecule has 0 aliphatic rings. The van der Waals surface area contributed by atoms with Crippen LogP contribution in [0.1, 0.15) is 0 Å². The molecule has 0 bridgehead atoms. The van der Waals surface area contributed by atoms with E-state index in [1.807, 2.05) is 6.07 Å². The molecule has 12 heavy (non-hydrogen) atoms. The van der Waals surface area contributed by atoms with Crippen LogP contribution in [0.3, 0.4) is 0 Å². The maximum absolute atomic E-state index is 4.14. The molecule has 1 radical (unpaired) electrons. The summed E-state index contributed by atoms with van der Waals surface area (Å²) in [5.41, 5.74) is 1.83. The molecule has 2 rings (SSSR count). The van der Waals surface area contributed by atoms with E-state index in [4.69, 9.17) is 0 Å². The van der Waals surface area contributed by atoms with Gasteiger partial charge in [0, 0.05) is 24.2 Å². The molecule has 0 fully saturated rings. The molecular weight excluding hydrogens is 150 g/mol. The fourth-order valence-corrected chi connectivity index (χ4v) is 0.923. The van der Waals surface area contributed by atoms with Gasteiger partial charge in [-0.15, -0.1) is 0 Å². The van der Waals surface area contributed by atoms with E-state index in [2.05, 4.69) is 21.1 Å². The van der Waals surface area contributed by atoms with Crippen LogP contribution in [-0.2, 0) is 0 Å². The zero-order valence-electron chi connectivity index (χ0n) is 6.31. The van der Waals surface area contributed by atoms with Crippen molar-refractivity contribution >= 4 is 0 Å². The van der Waals surface area contributed by atoms with Crippen LogP contribution in [-0.4, -0.2) is 15.0 Å². The van der Waals surface area contributed by atoms with Crippen molar-refractivity contribution < 1.29 is 0 Å². The summed E-state index contributed by atoms with van der Waals surface area (Å²) in [6.45, 7) is 0. The van der Waals surface area contributed by atoms with E-state index in [0.717, 1.165) is 11.3 Å². The maximum atomic E-state index is 4.14. The second kappa shape index (κ2) is 3.09. The van der Waals surface area contributed by atoms with Gasteiger partial charge in [-0.25, -0.2) is 0 Å². The summed E-state index contributed by atoms with van der Waals surface area (Å²) in [5, 5.41) is 0. The summed E-state index contributed by atoms with van der Waals surface area (Å²) in [7, 11) is 0. The molecule has 0 unspecified atom stereocenters. The van der Waals surface area contributed by atoms with Crippen molar-refractivity contribution in [3.8, 4) is 11.3 Å². The van der Waals surface area contributed by atoms with Crippen LogP contribution >= 0.6 is 0 Å². The summed E-state index contributed by atoms with van der Waals surface area (Å²) in [6.07, 6.45) is 9.45. The van der Waals surface area contributed by atoms with Crippen molar-refractivity contribution in [3.05, 3.63) is 43.1 Å². The van der Waals surface area contributed by atoms with Crippen LogP contribution in [0.4, 0.5) is 0 Å². The van der Waals surface area contributed by atoms with Gasteiger partial charge < -0.3 is 0 Å². The average molecular weight is 156 g/mol. The Hall–Kier alpha value is -1.77. The molecule has 0 atom stereocenters. The minimum atomic E-state index is 0.844. The highest BCUT2D eigenvalue weighted by Crippen LogP contribution is 2.11. The molecule has 3 heteroatoms. The monoisotopic (exact) mass is 156 g/mol. The molecule has 0 aliphatic heterocycles. The van der Waals surface area contributed by atoms with Crippen molar-refractivity contribution in [2.75, 3.05) is 0 Å². The minimum absolute atomic E-state index is 0.844. The Kier molecular flexibility index (Phi) is 1.78. The van der Waals surface area contributed by atoms with E-state index in [9.17, 15) is 0 Å². The number of nitrogens with zero attached hydrogens (tertiary/aromatic N) is 3. The molecule has 0 saturated heterocycles. The van der Waals surface area contributed by atoms with Gasteiger partial charge in [-0.2, -0.15) is 0 Å². The highest BCUT2D eigenvalue weighted by atomic mass is 14.8. The molecule has 57 valence electrons. The number of pyridine rings is 1. The lowest BCUT2D eigenvalue weighted by atomic mass is 10.2. The van der Waals surface area contributed by atoms with E-state index >= 15 is 0 Å². The Morgan fingerprint density at radius 3 is 2.83 bits per heavy atom. The topological polar surface area (TPSA) is 38.7 Å². The van der Waals surface area contributed by atoms with Gasteiger partial charge in [0.15, 0.2) is 0 Å². The molecule has 2 heterocycles. The third-order valence-electron chi connectivity index (χ3n) is 1.48. The first-order valence-corrected chi connectivity index (χ1v) is 3.55. The lowest BCUT2D eigenvalue weighted by Crippen LogP contribution is -1.83. The fourth-order valence-electron chi connectivity index (χ4n) is 0.923. The van der Waals surface area contributed by atoms with E-state index < -0.39 is 0 Å². The summed E-state index contributed by atoms with van der Waals surface area (Å²) in [5.74, 6) is 0. The molecule has 2 aromatic heterocycles. The Morgan fingerprint density at radius 2 is 2.17 bits per heavy atom. The number of aromatic nitrogens is 3. The zero-order chi connectivity index (χ0) is 8.23. The minimum Gasteiger partial charge on any atom is -0.261 e. The number of rotatable bonds is 1. The van der Waals surface area contributed by atoms with Crippen LogP contribution in [0, 0.1) is 6.20 Å². The summed E-state index contributed by atoms with van der Waals surface area (Å²) in [4.78, 5) is 11.9. The molecule has 0 aromatic carbocycles. The van der Waals surface area contributed by atoms with E-state index in [1.54, 1.807) is 30.9 Å². The van der Waals surface area contributed by atoms with Crippen LogP contribution < -0.4 is 0 Å². The van der Waals surface area contributed by atoms with Gasteiger partial charge in [0.05, 0.1) is 18.1 Å². The van der Waals surface area contributed by atoms with Gasteiger partial charge >= 0.3 is 0 Å². The van der Waals surface area contributed by atoms with Crippen molar-refractivity contribution in [2.45, 2.75) is 0 Å². The van der Waals surface area contributed by atoms with E-state index in [1.165, 1.54) is 0 Å². The predicted octanol–water partition coefficient (Wildman–Crippen LogP) is 1.34. The van der Waals surface area contributed by atoms with E-state index in [-0.39, 0.29) is 0 Å². The first-order valence-electron chi connectivity index (χ1n) is 3.55. The summed E-state index contributed by atoms with van der Waals surface area (Å²) in [6, 6.07) is 3.66. The number of hydrogen-bond acceptors (Lipinski definition) is 3. The maximum Gasteiger partial charge on any atom is 0.0893 e. The SMILES string of the molecule is [c]1cc(-c2cnccn2)ccn1. The van der Waals surface area contributed by atoms with Gasteiger partial charge in [-0.1, -0.05) is 0 Å². The second-order valence-corrected chi connectivity index (χ2v) is 2.26. The van der Waals surface area contributed by atoms with Crippen LogP contribution in [0.15, 0.2) is 36.9 Å². The standard InChI is InChI=1S/C9H6N3/c1-3-10-4-2-8(1)9-7-11-5-6-12-9/h1-3,5-7H. The van der Waals surface area contributed by atoms with Gasteiger partial charge in [0.2, 0.25) is 0 Å². The van der Waals surface area contributed by atoms with Crippen LogP contribution in [0.2, 0.25) is 0 Å². The normalized spacial score (nSPS) is 9.67. The van der Waals surface area contributed by atoms with Gasteiger partial charge in [-0.05, 0) is 12.1 Å². The molecule has 0 spiro atoms. The van der Waals surface area contributed by atoms with Gasteiger partial charge in [-0.3, -0.25) is 15.0 Å². The molecule has 0 amide bonds.